The predicted molar refractivity (Wildman–Crippen MR) is 148 cm³/mol. The second kappa shape index (κ2) is 9.21. The van der Waals surface area contributed by atoms with Crippen molar-refractivity contribution in [3.63, 3.8) is 0 Å². The number of pyridine rings is 2. The summed E-state index contributed by atoms with van der Waals surface area (Å²) < 4.78 is 8.56. The normalized spacial score (nSPS) is 14.5. The Labute approximate surface area is 219 Å². The molecule has 0 amide bonds. The summed E-state index contributed by atoms with van der Waals surface area (Å²) in [5.41, 5.74) is 5.84. The Hall–Kier alpha value is -3.88. The summed E-state index contributed by atoms with van der Waals surface area (Å²) in [7, 11) is 5.50. The molecule has 1 aliphatic rings. The molecule has 0 saturated carbocycles. The zero-order valence-corrected chi connectivity index (χ0v) is 21.7. The molecule has 5 aromatic rings. The van der Waals surface area contributed by atoms with Gasteiger partial charge in [0, 0.05) is 56.4 Å². The molecule has 8 nitrogen and oxygen atoms in total. The molecule has 0 aliphatic carbocycles. The summed E-state index contributed by atoms with van der Waals surface area (Å²) in [6.07, 6.45) is 3.53. The standard InChI is InChI=1S/C28H27ClN6O2/c1-32-10-12-34(13-11-32)24-8-6-20(15-22(24)29)35-27-21-14-18(19-5-9-26(37-3)31-16-19)4-7-23(21)30-17-25(27)33(2)28(35)36/h4-9,14-17H,10-13H2,1-3H3. The van der Waals surface area contributed by atoms with Crippen molar-refractivity contribution < 1.29 is 4.74 Å². The molecule has 2 aromatic carbocycles. The van der Waals surface area contributed by atoms with E-state index in [0.717, 1.165) is 70.6 Å². The highest BCUT2D eigenvalue weighted by Gasteiger charge is 2.20. The summed E-state index contributed by atoms with van der Waals surface area (Å²) in [4.78, 5) is 27.1. The van der Waals surface area contributed by atoms with Gasteiger partial charge in [-0.2, -0.15) is 0 Å². The van der Waals surface area contributed by atoms with Crippen LogP contribution in [0.4, 0.5) is 5.69 Å². The van der Waals surface area contributed by atoms with E-state index in [2.05, 4.69) is 32.9 Å². The van der Waals surface area contributed by atoms with Gasteiger partial charge in [0.25, 0.3) is 0 Å². The average molecular weight is 515 g/mol. The van der Waals surface area contributed by atoms with Crippen molar-refractivity contribution >= 4 is 39.2 Å². The summed E-state index contributed by atoms with van der Waals surface area (Å²) in [6, 6.07) is 15.7. The van der Waals surface area contributed by atoms with Crippen LogP contribution in [-0.4, -0.2) is 64.3 Å². The van der Waals surface area contributed by atoms with Crippen molar-refractivity contribution in [1.82, 2.24) is 24.0 Å². The molecule has 0 bridgehead atoms. The predicted octanol–water partition coefficient (Wildman–Crippen LogP) is 4.35. The van der Waals surface area contributed by atoms with Crippen LogP contribution >= 0.6 is 11.6 Å². The molecule has 6 rings (SSSR count). The first-order chi connectivity index (χ1) is 17.9. The van der Waals surface area contributed by atoms with E-state index >= 15 is 0 Å². The van der Waals surface area contributed by atoms with Crippen LogP contribution in [0.15, 0.2) is 65.7 Å². The van der Waals surface area contributed by atoms with Gasteiger partial charge in [0.05, 0.1) is 46.3 Å². The summed E-state index contributed by atoms with van der Waals surface area (Å²) in [5, 5.41) is 1.51. The number of hydrogen-bond acceptors (Lipinski definition) is 6. The van der Waals surface area contributed by atoms with E-state index in [9.17, 15) is 4.79 Å². The maximum Gasteiger partial charge on any atom is 0.333 e. The number of halogens is 1. The fourth-order valence-corrected chi connectivity index (χ4v) is 5.32. The molecule has 0 radical (unpaired) electrons. The molecule has 4 heterocycles. The number of nitrogens with zero attached hydrogens (tertiary/aromatic N) is 6. The molecule has 0 unspecified atom stereocenters. The van der Waals surface area contributed by atoms with Crippen LogP contribution < -0.4 is 15.3 Å². The minimum absolute atomic E-state index is 0.149. The van der Waals surface area contributed by atoms with Crippen molar-refractivity contribution in [3.8, 4) is 22.7 Å². The quantitative estimate of drug-likeness (QED) is 0.355. The van der Waals surface area contributed by atoms with Gasteiger partial charge in [-0.3, -0.25) is 14.1 Å². The lowest BCUT2D eigenvalue weighted by molar-refractivity contribution is 0.313. The van der Waals surface area contributed by atoms with E-state index in [1.165, 1.54) is 0 Å². The molecule has 3 aromatic heterocycles. The molecule has 1 fully saturated rings. The van der Waals surface area contributed by atoms with E-state index in [1.807, 2.05) is 42.5 Å². The van der Waals surface area contributed by atoms with Crippen molar-refractivity contribution in [3.05, 3.63) is 76.4 Å². The highest BCUT2D eigenvalue weighted by Crippen LogP contribution is 2.33. The number of fused-ring (bicyclic) bond motifs is 3. The number of hydrogen-bond donors (Lipinski definition) is 0. The molecule has 1 saturated heterocycles. The van der Waals surface area contributed by atoms with Gasteiger partial charge >= 0.3 is 5.69 Å². The number of methoxy groups -OCH3 is 1. The Morgan fingerprint density at radius 3 is 2.38 bits per heavy atom. The lowest BCUT2D eigenvalue weighted by Crippen LogP contribution is -2.44. The lowest BCUT2D eigenvalue weighted by Gasteiger charge is -2.34. The topological polar surface area (TPSA) is 68.4 Å². The molecule has 0 atom stereocenters. The smallest absolute Gasteiger partial charge is 0.333 e. The van der Waals surface area contributed by atoms with Crippen molar-refractivity contribution in [1.29, 1.82) is 0 Å². The second-order valence-corrected chi connectivity index (χ2v) is 9.82. The maximum absolute atomic E-state index is 13.5. The minimum atomic E-state index is -0.149. The average Bonchev–Trinajstić information content (AvgIpc) is 3.19. The van der Waals surface area contributed by atoms with E-state index in [-0.39, 0.29) is 5.69 Å². The monoisotopic (exact) mass is 514 g/mol. The van der Waals surface area contributed by atoms with Crippen LogP contribution in [0.1, 0.15) is 0 Å². The number of rotatable bonds is 4. The van der Waals surface area contributed by atoms with Crippen LogP contribution in [0.2, 0.25) is 5.02 Å². The SMILES string of the molecule is COc1ccc(-c2ccc3ncc4c(c3c2)n(-c2ccc(N3CCN(C)CC3)c(Cl)c2)c(=O)n4C)cn1. The van der Waals surface area contributed by atoms with Crippen LogP contribution in [0, 0.1) is 0 Å². The number of aromatic nitrogens is 4. The number of imidazole rings is 1. The van der Waals surface area contributed by atoms with Crippen LogP contribution in [0.5, 0.6) is 5.88 Å². The highest BCUT2D eigenvalue weighted by atomic mass is 35.5. The number of aryl methyl sites for hydroxylation is 1. The number of anilines is 1. The molecule has 0 N–H and O–H groups in total. The molecule has 1 aliphatic heterocycles. The van der Waals surface area contributed by atoms with E-state index < -0.39 is 0 Å². The summed E-state index contributed by atoms with van der Waals surface area (Å²) >= 11 is 6.80. The Kier molecular flexibility index (Phi) is 5.85. The Bertz CT molecular complexity index is 1680. The molecule has 37 heavy (non-hydrogen) atoms. The molecule has 188 valence electrons. The van der Waals surface area contributed by atoms with Gasteiger partial charge in [0.2, 0.25) is 5.88 Å². The third kappa shape index (κ3) is 4.02. The first-order valence-corrected chi connectivity index (χ1v) is 12.6. The van der Waals surface area contributed by atoms with Gasteiger partial charge in [-0.15, -0.1) is 0 Å². The Morgan fingerprint density at radius 1 is 0.892 bits per heavy atom. The summed E-state index contributed by atoms with van der Waals surface area (Å²) in [5.74, 6) is 0.558. The fourth-order valence-electron chi connectivity index (χ4n) is 5.03. The fraction of sp³-hybridized carbons (Fsp3) is 0.250. The Morgan fingerprint density at radius 2 is 1.68 bits per heavy atom. The largest absolute Gasteiger partial charge is 0.481 e. The number of likely N-dealkylation sites (N-methyl/N-ethyl adjacent to an activating group) is 1. The van der Waals surface area contributed by atoms with Crippen molar-refractivity contribution in [2.75, 3.05) is 45.2 Å². The van der Waals surface area contributed by atoms with Crippen molar-refractivity contribution in [2.45, 2.75) is 0 Å². The maximum atomic E-state index is 13.5. The first kappa shape index (κ1) is 23.5. The lowest BCUT2D eigenvalue weighted by atomic mass is 10.0. The number of benzene rings is 2. The van der Waals surface area contributed by atoms with Gasteiger partial charge in [0.15, 0.2) is 0 Å². The van der Waals surface area contributed by atoms with Crippen LogP contribution in [0.25, 0.3) is 38.8 Å². The molecule has 0 spiro atoms. The number of piperazine rings is 1. The van der Waals surface area contributed by atoms with E-state index in [0.29, 0.717) is 10.9 Å². The molecule has 9 heteroatoms. The van der Waals surface area contributed by atoms with Gasteiger partial charge < -0.3 is 14.5 Å². The highest BCUT2D eigenvalue weighted by molar-refractivity contribution is 6.33. The van der Waals surface area contributed by atoms with Crippen LogP contribution in [-0.2, 0) is 7.05 Å². The minimum Gasteiger partial charge on any atom is -0.481 e. The second-order valence-electron chi connectivity index (χ2n) is 9.42. The van der Waals surface area contributed by atoms with Gasteiger partial charge in [-0.1, -0.05) is 17.7 Å². The first-order valence-electron chi connectivity index (χ1n) is 12.2. The van der Waals surface area contributed by atoms with E-state index in [1.54, 1.807) is 35.7 Å². The zero-order valence-electron chi connectivity index (χ0n) is 21.0. The third-order valence-electron chi connectivity index (χ3n) is 7.20. The number of ether oxygens (including phenoxy) is 1. The molecular formula is C28H27ClN6O2. The summed E-state index contributed by atoms with van der Waals surface area (Å²) in [6.45, 7) is 3.82. The van der Waals surface area contributed by atoms with Crippen molar-refractivity contribution in [2.24, 2.45) is 7.05 Å². The van der Waals surface area contributed by atoms with Crippen LogP contribution in [0.3, 0.4) is 0 Å². The third-order valence-corrected chi connectivity index (χ3v) is 7.50. The van der Waals surface area contributed by atoms with Gasteiger partial charge in [-0.25, -0.2) is 9.78 Å². The van der Waals surface area contributed by atoms with E-state index in [4.69, 9.17) is 16.3 Å². The zero-order chi connectivity index (χ0) is 25.7. The van der Waals surface area contributed by atoms with Gasteiger partial charge in [-0.05, 0) is 49.0 Å². The molecular weight excluding hydrogens is 488 g/mol. The Balaban J connectivity index is 1.51. The van der Waals surface area contributed by atoms with Gasteiger partial charge in [0.1, 0.15) is 0 Å².